The zero-order valence-corrected chi connectivity index (χ0v) is 10.6. The van der Waals surface area contributed by atoms with Crippen molar-refractivity contribution in [1.29, 1.82) is 0 Å². The highest BCUT2D eigenvalue weighted by atomic mass is 35.5. The van der Waals surface area contributed by atoms with Gasteiger partial charge in [0.25, 0.3) is 0 Å². The first-order chi connectivity index (χ1) is 7.75. The van der Waals surface area contributed by atoms with Gasteiger partial charge in [-0.1, -0.05) is 30.3 Å². The van der Waals surface area contributed by atoms with Gasteiger partial charge < -0.3 is 11.1 Å². The molecule has 0 saturated heterocycles. The second-order valence-corrected chi connectivity index (χ2v) is 4.48. The summed E-state index contributed by atoms with van der Waals surface area (Å²) in [4.78, 5) is 11.6. The average molecular weight is 255 g/mol. The maximum absolute atomic E-state index is 11.6. The van der Waals surface area contributed by atoms with E-state index in [2.05, 4.69) is 5.32 Å². The van der Waals surface area contributed by atoms with Crippen LogP contribution >= 0.6 is 12.4 Å². The van der Waals surface area contributed by atoms with Crippen molar-refractivity contribution in [3.05, 3.63) is 35.9 Å². The van der Waals surface area contributed by atoms with Crippen molar-refractivity contribution in [3.63, 3.8) is 0 Å². The number of halogens is 1. The van der Waals surface area contributed by atoms with Crippen LogP contribution < -0.4 is 11.1 Å². The van der Waals surface area contributed by atoms with Gasteiger partial charge in [-0.25, -0.2) is 0 Å². The van der Waals surface area contributed by atoms with Crippen LogP contribution in [-0.4, -0.2) is 18.5 Å². The van der Waals surface area contributed by atoms with E-state index in [0.29, 0.717) is 12.3 Å². The third-order valence-corrected chi connectivity index (χ3v) is 2.90. The predicted molar refractivity (Wildman–Crippen MR) is 71.1 cm³/mol. The number of nitrogens with one attached hydrogen (secondary N) is 1. The van der Waals surface area contributed by atoms with E-state index in [1.165, 1.54) is 12.8 Å². The van der Waals surface area contributed by atoms with E-state index in [0.717, 1.165) is 12.1 Å². The Kier molecular flexibility index (Phi) is 5.45. The van der Waals surface area contributed by atoms with Crippen LogP contribution in [0.25, 0.3) is 0 Å². The van der Waals surface area contributed by atoms with Gasteiger partial charge in [-0.3, -0.25) is 4.79 Å². The van der Waals surface area contributed by atoms with E-state index in [-0.39, 0.29) is 18.3 Å². The van der Waals surface area contributed by atoms with Gasteiger partial charge in [0.05, 0.1) is 6.04 Å². The van der Waals surface area contributed by atoms with Gasteiger partial charge in [0, 0.05) is 6.54 Å². The number of rotatable bonds is 5. The highest BCUT2D eigenvalue weighted by Crippen LogP contribution is 2.27. The number of nitrogens with two attached hydrogens (primary N) is 1. The van der Waals surface area contributed by atoms with Gasteiger partial charge in [0.15, 0.2) is 0 Å². The summed E-state index contributed by atoms with van der Waals surface area (Å²) < 4.78 is 0. The number of hydrogen-bond donors (Lipinski definition) is 2. The van der Waals surface area contributed by atoms with E-state index in [1.807, 2.05) is 30.3 Å². The largest absolute Gasteiger partial charge is 0.354 e. The molecular formula is C13H19ClN2O. The minimum absolute atomic E-state index is 0. The summed E-state index contributed by atoms with van der Waals surface area (Å²) in [6, 6.07) is 9.44. The Hall–Kier alpha value is -1.06. The predicted octanol–water partition coefficient (Wildman–Crippen LogP) is 1.50. The topological polar surface area (TPSA) is 55.1 Å². The molecule has 0 unspecified atom stereocenters. The zero-order chi connectivity index (χ0) is 11.4. The highest BCUT2D eigenvalue weighted by molar-refractivity contribution is 5.85. The quantitative estimate of drug-likeness (QED) is 0.837. The lowest BCUT2D eigenvalue weighted by atomic mass is 10.1. The van der Waals surface area contributed by atoms with Crippen LogP contribution in [0.2, 0.25) is 0 Å². The van der Waals surface area contributed by atoms with Gasteiger partial charge in [-0.2, -0.15) is 0 Å². The highest BCUT2D eigenvalue weighted by Gasteiger charge is 2.23. The molecule has 3 nitrogen and oxygen atoms in total. The van der Waals surface area contributed by atoms with Crippen molar-refractivity contribution >= 4 is 18.3 Å². The van der Waals surface area contributed by atoms with E-state index in [1.54, 1.807) is 0 Å². The molecule has 1 atom stereocenters. The Bertz CT molecular complexity index is 352. The Labute approximate surface area is 108 Å². The van der Waals surface area contributed by atoms with E-state index >= 15 is 0 Å². The molecule has 4 heteroatoms. The molecule has 1 aliphatic rings. The van der Waals surface area contributed by atoms with Gasteiger partial charge >= 0.3 is 0 Å². The summed E-state index contributed by atoms with van der Waals surface area (Å²) >= 11 is 0. The Morgan fingerprint density at radius 1 is 1.35 bits per heavy atom. The molecule has 0 spiro atoms. The summed E-state index contributed by atoms with van der Waals surface area (Å²) in [5.74, 6) is 0.670. The van der Waals surface area contributed by atoms with Gasteiger partial charge in [0.2, 0.25) is 5.91 Å². The summed E-state index contributed by atoms with van der Waals surface area (Å²) in [6.07, 6.45) is 3.10. The Balaban J connectivity index is 0.00000144. The first-order valence-corrected chi connectivity index (χ1v) is 5.83. The molecule has 1 aromatic rings. The molecule has 0 radical (unpaired) electrons. The molecule has 1 saturated carbocycles. The number of carbonyl (C=O) groups is 1. The molecule has 0 heterocycles. The maximum atomic E-state index is 11.6. The minimum Gasteiger partial charge on any atom is -0.354 e. The molecule has 0 aliphatic heterocycles. The van der Waals surface area contributed by atoms with Crippen LogP contribution in [-0.2, 0) is 11.2 Å². The molecular weight excluding hydrogens is 236 g/mol. The van der Waals surface area contributed by atoms with Crippen molar-refractivity contribution in [3.8, 4) is 0 Å². The third-order valence-electron chi connectivity index (χ3n) is 2.90. The van der Waals surface area contributed by atoms with Gasteiger partial charge in [-0.05, 0) is 30.7 Å². The standard InChI is InChI=1S/C13H18N2O.ClH/c14-12(8-10-4-2-1-3-5-10)13(16)15-9-11-6-7-11;/h1-5,11-12H,6-9,14H2,(H,15,16);1H/t12-;/m0./s1. The second kappa shape index (κ2) is 6.62. The normalized spacial score (nSPS) is 15.8. The molecule has 1 fully saturated rings. The lowest BCUT2D eigenvalue weighted by Crippen LogP contribution is -2.42. The van der Waals surface area contributed by atoms with Crippen molar-refractivity contribution < 1.29 is 4.79 Å². The van der Waals surface area contributed by atoms with Gasteiger partial charge in [-0.15, -0.1) is 12.4 Å². The van der Waals surface area contributed by atoms with Crippen molar-refractivity contribution in [2.45, 2.75) is 25.3 Å². The van der Waals surface area contributed by atoms with Crippen molar-refractivity contribution in [2.24, 2.45) is 11.7 Å². The fourth-order valence-electron chi connectivity index (χ4n) is 1.66. The number of amides is 1. The summed E-state index contributed by atoms with van der Waals surface area (Å²) in [5.41, 5.74) is 6.95. The summed E-state index contributed by atoms with van der Waals surface area (Å²) in [5, 5.41) is 2.90. The fraction of sp³-hybridized carbons (Fsp3) is 0.462. The van der Waals surface area contributed by atoms with Crippen LogP contribution in [0.4, 0.5) is 0 Å². The first-order valence-electron chi connectivity index (χ1n) is 5.83. The Morgan fingerprint density at radius 2 is 2.00 bits per heavy atom. The average Bonchev–Trinajstić information content (AvgIpc) is 3.11. The van der Waals surface area contributed by atoms with E-state index < -0.39 is 6.04 Å². The molecule has 1 aromatic carbocycles. The molecule has 1 aliphatic carbocycles. The third kappa shape index (κ3) is 4.75. The number of carbonyl (C=O) groups excluding carboxylic acids is 1. The fourth-order valence-corrected chi connectivity index (χ4v) is 1.66. The number of benzene rings is 1. The van der Waals surface area contributed by atoms with Crippen LogP contribution in [0.1, 0.15) is 18.4 Å². The smallest absolute Gasteiger partial charge is 0.237 e. The minimum atomic E-state index is -0.429. The van der Waals surface area contributed by atoms with E-state index in [9.17, 15) is 4.79 Å². The van der Waals surface area contributed by atoms with Crippen molar-refractivity contribution in [1.82, 2.24) is 5.32 Å². The molecule has 17 heavy (non-hydrogen) atoms. The van der Waals surface area contributed by atoms with Crippen molar-refractivity contribution in [2.75, 3.05) is 6.54 Å². The lowest BCUT2D eigenvalue weighted by molar-refractivity contribution is -0.122. The zero-order valence-electron chi connectivity index (χ0n) is 9.76. The van der Waals surface area contributed by atoms with Crippen LogP contribution in [0.5, 0.6) is 0 Å². The molecule has 1 amide bonds. The molecule has 3 N–H and O–H groups in total. The molecule has 0 bridgehead atoms. The summed E-state index contributed by atoms with van der Waals surface area (Å²) in [6.45, 7) is 0.793. The molecule has 94 valence electrons. The van der Waals surface area contributed by atoms with Crippen LogP contribution in [0.3, 0.4) is 0 Å². The van der Waals surface area contributed by atoms with Crippen LogP contribution in [0, 0.1) is 5.92 Å². The van der Waals surface area contributed by atoms with Gasteiger partial charge in [0.1, 0.15) is 0 Å². The lowest BCUT2D eigenvalue weighted by Gasteiger charge is -2.11. The SMILES string of the molecule is Cl.N[C@@H](Cc1ccccc1)C(=O)NCC1CC1. The Morgan fingerprint density at radius 3 is 2.59 bits per heavy atom. The monoisotopic (exact) mass is 254 g/mol. The van der Waals surface area contributed by atoms with E-state index in [4.69, 9.17) is 5.73 Å². The second-order valence-electron chi connectivity index (χ2n) is 4.48. The summed E-state index contributed by atoms with van der Waals surface area (Å²) in [7, 11) is 0. The molecule has 2 rings (SSSR count). The number of hydrogen-bond acceptors (Lipinski definition) is 2. The molecule has 0 aromatic heterocycles. The maximum Gasteiger partial charge on any atom is 0.237 e. The first kappa shape index (κ1) is 14.0. The van der Waals surface area contributed by atoms with Crippen LogP contribution in [0.15, 0.2) is 30.3 Å².